The quantitative estimate of drug-likeness (QED) is 0.828. The van der Waals surface area contributed by atoms with E-state index in [2.05, 4.69) is 10.3 Å². The zero-order valence-electron chi connectivity index (χ0n) is 13.7. The van der Waals surface area contributed by atoms with E-state index in [1.165, 1.54) is 17.4 Å². The first-order valence-corrected chi connectivity index (χ1v) is 9.25. The fourth-order valence-corrected chi connectivity index (χ4v) is 3.47. The van der Waals surface area contributed by atoms with Gasteiger partial charge in [0.1, 0.15) is 6.04 Å². The third-order valence-corrected chi connectivity index (χ3v) is 5.21. The molecule has 1 fully saturated rings. The highest BCUT2D eigenvalue weighted by molar-refractivity contribution is 7.13. The number of aromatic nitrogens is 1. The van der Waals surface area contributed by atoms with Gasteiger partial charge in [-0.1, -0.05) is 23.7 Å². The molecule has 0 bridgehead atoms. The standard InChI is InChI=1S/C18H18ClN3O2S/c1-12-4-5-13(11-14(12)19)6-7-16(23)22-9-2-3-15(22)17(24)21-18-20-8-10-25-18/h4-8,10-11,15H,2-3,9H2,1H3,(H,20,21,24). The third-order valence-electron chi connectivity index (χ3n) is 4.12. The molecule has 3 rings (SSSR count). The Labute approximate surface area is 155 Å². The molecule has 1 aliphatic rings. The molecule has 1 aromatic heterocycles. The number of rotatable bonds is 4. The van der Waals surface area contributed by atoms with E-state index in [4.69, 9.17) is 11.6 Å². The van der Waals surface area contributed by atoms with Gasteiger partial charge in [-0.3, -0.25) is 9.59 Å². The predicted molar refractivity (Wildman–Crippen MR) is 101 cm³/mol. The lowest BCUT2D eigenvalue weighted by Gasteiger charge is -2.22. The van der Waals surface area contributed by atoms with Crippen molar-refractivity contribution in [3.05, 3.63) is 52.0 Å². The fourth-order valence-electron chi connectivity index (χ4n) is 2.75. The maximum Gasteiger partial charge on any atom is 0.248 e. The molecule has 2 aromatic rings. The summed E-state index contributed by atoms with van der Waals surface area (Å²) in [5.41, 5.74) is 1.84. The molecule has 1 N–H and O–H groups in total. The fraction of sp³-hybridized carbons (Fsp3) is 0.278. The Kier molecular flexibility index (Phi) is 5.50. The van der Waals surface area contributed by atoms with E-state index in [1.54, 1.807) is 22.6 Å². The Bertz CT molecular complexity index is 805. The molecule has 7 heteroatoms. The number of hydrogen-bond donors (Lipinski definition) is 1. The van der Waals surface area contributed by atoms with E-state index in [0.717, 1.165) is 17.5 Å². The van der Waals surface area contributed by atoms with Crippen molar-refractivity contribution in [3.8, 4) is 0 Å². The molecule has 130 valence electrons. The summed E-state index contributed by atoms with van der Waals surface area (Å²) in [6.07, 6.45) is 6.32. The monoisotopic (exact) mass is 375 g/mol. The molecule has 1 saturated heterocycles. The minimum absolute atomic E-state index is 0.173. The van der Waals surface area contributed by atoms with Crippen LogP contribution in [0.5, 0.6) is 0 Å². The van der Waals surface area contributed by atoms with Crippen molar-refractivity contribution in [3.63, 3.8) is 0 Å². The molecule has 1 aliphatic heterocycles. The molecule has 0 aliphatic carbocycles. The number of carbonyl (C=O) groups is 2. The number of aryl methyl sites for hydroxylation is 1. The van der Waals surface area contributed by atoms with Crippen molar-refractivity contribution >= 4 is 46.0 Å². The molecular weight excluding hydrogens is 358 g/mol. The second-order valence-corrected chi connectivity index (χ2v) is 7.16. The number of nitrogens with zero attached hydrogens (tertiary/aromatic N) is 2. The number of hydrogen-bond acceptors (Lipinski definition) is 4. The van der Waals surface area contributed by atoms with Crippen LogP contribution in [-0.2, 0) is 9.59 Å². The van der Waals surface area contributed by atoms with Gasteiger partial charge in [0, 0.05) is 29.2 Å². The van der Waals surface area contributed by atoms with E-state index < -0.39 is 6.04 Å². The molecule has 0 spiro atoms. The van der Waals surface area contributed by atoms with Crippen LogP contribution >= 0.6 is 22.9 Å². The normalized spacial score (nSPS) is 17.2. The average Bonchev–Trinajstić information content (AvgIpc) is 3.27. The summed E-state index contributed by atoms with van der Waals surface area (Å²) >= 11 is 7.46. The summed E-state index contributed by atoms with van der Waals surface area (Å²) in [5.74, 6) is -0.360. The maximum absolute atomic E-state index is 12.5. The number of amides is 2. The largest absolute Gasteiger partial charge is 0.327 e. The maximum atomic E-state index is 12.5. The Balaban J connectivity index is 1.66. The van der Waals surface area contributed by atoms with Crippen molar-refractivity contribution < 1.29 is 9.59 Å². The van der Waals surface area contributed by atoms with Crippen LogP contribution in [-0.4, -0.2) is 34.3 Å². The molecule has 1 aromatic carbocycles. The minimum atomic E-state index is -0.456. The van der Waals surface area contributed by atoms with Gasteiger partial charge in [-0.05, 0) is 43.0 Å². The van der Waals surface area contributed by atoms with Gasteiger partial charge in [0.25, 0.3) is 0 Å². The molecule has 1 unspecified atom stereocenters. The Morgan fingerprint density at radius 3 is 3.00 bits per heavy atom. The van der Waals surface area contributed by atoms with Gasteiger partial charge < -0.3 is 10.2 Å². The first-order chi connectivity index (χ1) is 12.0. The summed E-state index contributed by atoms with van der Waals surface area (Å²) in [6.45, 7) is 2.50. The van der Waals surface area contributed by atoms with Crippen molar-refractivity contribution in [2.45, 2.75) is 25.8 Å². The number of anilines is 1. The first-order valence-electron chi connectivity index (χ1n) is 8.00. The summed E-state index contributed by atoms with van der Waals surface area (Å²) in [7, 11) is 0. The van der Waals surface area contributed by atoms with Crippen molar-refractivity contribution in [1.82, 2.24) is 9.88 Å². The van der Waals surface area contributed by atoms with Crippen LogP contribution in [0.4, 0.5) is 5.13 Å². The van der Waals surface area contributed by atoms with Crippen molar-refractivity contribution in [2.24, 2.45) is 0 Å². The van der Waals surface area contributed by atoms with Gasteiger partial charge in [-0.2, -0.15) is 0 Å². The number of thiazole rings is 1. The van der Waals surface area contributed by atoms with E-state index in [9.17, 15) is 9.59 Å². The smallest absolute Gasteiger partial charge is 0.248 e. The zero-order chi connectivity index (χ0) is 17.8. The summed E-state index contributed by atoms with van der Waals surface area (Å²) in [6, 6.07) is 5.17. The van der Waals surface area contributed by atoms with Gasteiger partial charge in [-0.15, -0.1) is 11.3 Å². The number of halogens is 1. The first kappa shape index (κ1) is 17.6. The van der Waals surface area contributed by atoms with Crippen LogP contribution in [0.2, 0.25) is 5.02 Å². The molecule has 25 heavy (non-hydrogen) atoms. The highest BCUT2D eigenvalue weighted by Crippen LogP contribution is 2.21. The molecular formula is C18H18ClN3O2S. The van der Waals surface area contributed by atoms with E-state index in [1.807, 2.05) is 25.1 Å². The highest BCUT2D eigenvalue weighted by atomic mass is 35.5. The SMILES string of the molecule is Cc1ccc(C=CC(=O)N2CCCC2C(=O)Nc2nccs2)cc1Cl. The van der Waals surface area contributed by atoms with Gasteiger partial charge in [0.15, 0.2) is 5.13 Å². The molecule has 0 radical (unpaired) electrons. The van der Waals surface area contributed by atoms with Gasteiger partial charge in [0.2, 0.25) is 11.8 Å². The lowest BCUT2D eigenvalue weighted by molar-refractivity contribution is -0.132. The third kappa shape index (κ3) is 4.27. The summed E-state index contributed by atoms with van der Waals surface area (Å²) < 4.78 is 0. The lowest BCUT2D eigenvalue weighted by atomic mass is 10.1. The van der Waals surface area contributed by atoms with Gasteiger partial charge in [0.05, 0.1) is 0 Å². The van der Waals surface area contributed by atoms with Crippen molar-refractivity contribution in [2.75, 3.05) is 11.9 Å². The highest BCUT2D eigenvalue weighted by Gasteiger charge is 2.33. The van der Waals surface area contributed by atoms with Crippen molar-refractivity contribution in [1.29, 1.82) is 0 Å². The molecule has 2 heterocycles. The van der Waals surface area contributed by atoms with Crippen LogP contribution in [0.1, 0.15) is 24.0 Å². The van der Waals surface area contributed by atoms with Crippen LogP contribution in [0.25, 0.3) is 6.08 Å². The molecule has 1 atom stereocenters. The predicted octanol–water partition coefficient (Wildman–Crippen LogP) is 3.75. The number of likely N-dealkylation sites (tertiary alicyclic amines) is 1. The second kappa shape index (κ2) is 7.80. The average molecular weight is 376 g/mol. The number of benzene rings is 1. The van der Waals surface area contributed by atoms with Crippen LogP contribution in [0, 0.1) is 6.92 Å². The minimum Gasteiger partial charge on any atom is -0.327 e. The molecule has 5 nitrogen and oxygen atoms in total. The Morgan fingerprint density at radius 2 is 2.28 bits per heavy atom. The van der Waals surface area contributed by atoms with Gasteiger partial charge in [-0.25, -0.2) is 4.98 Å². The zero-order valence-corrected chi connectivity index (χ0v) is 15.3. The van der Waals surface area contributed by atoms with E-state index >= 15 is 0 Å². The Morgan fingerprint density at radius 1 is 1.44 bits per heavy atom. The number of carbonyl (C=O) groups excluding carboxylic acids is 2. The molecule has 0 saturated carbocycles. The van der Waals surface area contributed by atoms with Crippen LogP contribution in [0.15, 0.2) is 35.9 Å². The number of nitrogens with one attached hydrogen (secondary N) is 1. The van der Waals surface area contributed by atoms with Crippen LogP contribution in [0.3, 0.4) is 0 Å². The second-order valence-electron chi connectivity index (χ2n) is 5.86. The lowest BCUT2D eigenvalue weighted by Crippen LogP contribution is -2.42. The van der Waals surface area contributed by atoms with Gasteiger partial charge >= 0.3 is 0 Å². The van der Waals surface area contributed by atoms with Crippen LogP contribution < -0.4 is 5.32 Å². The molecule has 2 amide bonds. The van der Waals surface area contributed by atoms with E-state index in [-0.39, 0.29) is 11.8 Å². The van der Waals surface area contributed by atoms with E-state index in [0.29, 0.717) is 23.1 Å². The summed E-state index contributed by atoms with van der Waals surface area (Å²) in [5, 5.41) is 5.78. The topological polar surface area (TPSA) is 62.3 Å². The Hall–Kier alpha value is -2.18. The summed E-state index contributed by atoms with van der Waals surface area (Å²) in [4.78, 5) is 30.6.